The van der Waals surface area contributed by atoms with Crippen molar-refractivity contribution >= 4 is 23.1 Å². The van der Waals surface area contributed by atoms with Crippen LogP contribution in [0.25, 0.3) is 0 Å². The fourth-order valence-corrected chi connectivity index (χ4v) is 2.00. The Morgan fingerprint density at radius 3 is 2.61 bits per heavy atom. The highest BCUT2D eigenvalue weighted by Gasteiger charge is 2.17. The molecule has 0 aromatic heterocycles. The summed E-state index contributed by atoms with van der Waals surface area (Å²) in [5.41, 5.74) is 8.34. The molecule has 0 bridgehead atoms. The van der Waals surface area contributed by atoms with Crippen molar-refractivity contribution in [2.75, 3.05) is 13.1 Å². The summed E-state index contributed by atoms with van der Waals surface area (Å²) in [6.07, 6.45) is 0.888. The Labute approximate surface area is 114 Å². The van der Waals surface area contributed by atoms with Gasteiger partial charge in [0.15, 0.2) is 0 Å². The summed E-state index contributed by atoms with van der Waals surface area (Å²) in [4.78, 5) is 14.5. The van der Waals surface area contributed by atoms with E-state index in [2.05, 4.69) is 0 Å². The Morgan fingerprint density at radius 1 is 1.39 bits per heavy atom. The van der Waals surface area contributed by atoms with Crippen LogP contribution in [0.15, 0.2) is 18.2 Å². The number of thiocarbonyl (C=S) groups is 1. The van der Waals surface area contributed by atoms with Crippen LogP contribution < -0.4 is 5.73 Å². The van der Waals surface area contributed by atoms with Crippen molar-refractivity contribution in [3.05, 3.63) is 34.9 Å². The first-order valence-electron chi connectivity index (χ1n) is 6.10. The monoisotopic (exact) mass is 264 g/mol. The van der Waals surface area contributed by atoms with E-state index in [-0.39, 0.29) is 5.91 Å². The van der Waals surface area contributed by atoms with Crippen LogP contribution in [0.2, 0.25) is 0 Å². The zero-order valence-electron chi connectivity index (χ0n) is 11.2. The molecule has 98 valence electrons. The van der Waals surface area contributed by atoms with Gasteiger partial charge in [-0.1, -0.05) is 36.8 Å². The highest BCUT2D eigenvalue weighted by molar-refractivity contribution is 7.80. The second kappa shape index (κ2) is 6.50. The number of carbonyl (C=O) groups is 1. The molecule has 3 nitrogen and oxygen atoms in total. The molecule has 0 aliphatic carbocycles. The van der Waals surface area contributed by atoms with Crippen LogP contribution >= 0.6 is 12.2 Å². The van der Waals surface area contributed by atoms with E-state index in [0.29, 0.717) is 18.1 Å². The predicted molar refractivity (Wildman–Crippen MR) is 78.9 cm³/mol. The van der Waals surface area contributed by atoms with E-state index in [9.17, 15) is 4.79 Å². The van der Waals surface area contributed by atoms with E-state index >= 15 is 0 Å². The van der Waals surface area contributed by atoms with Crippen molar-refractivity contribution < 1.29 is 4.79 Å². The first-order valence-corrected chi connectivity index (χ1v) is 6.51. The van der Waals surface area contributed by atoms with E-state index in [0.717, 1.165) is 23.1 Å². The number of nitrogens with two attached hydrogens (primary N) is 1. The largest absolute Gasteiger partial charge is 0.392 e. The minimum atomic E-state index is 0.00542. The summed E-state index contributed by atoms with van der Waals surface area (Å²) in [6.45, 7) is 6.97. The van der Waals surface area contributed by atoms with Crippen LogP contribution in [0.4, 0.5) is 0 Å². The SMILES string of the molecule is CCCN(CC(N)=S)C(=O)c1cc(C)ccc1C. The Balaban J connectivity index is 3.01. The van der Waals surface area contributed by atoms with Gasteiger partial charge in [0, 0.05) is 12.1 Å². The van der Waals surface area contributed by atoms with Gasteiger partial charge in [-0.3, -0.25) is 4.79 Å². The zero-order valence-corrected chi connectivity index (χ0v) is 12.0. The maximum absolute atomic E-state index is 12.5. The normalized spacial score (nSPS) is 10.2. The molecule has 0 aliphatic rings. The van der Waals surface area contributed by atoms with Crippen LogP contribution in [0.3, 0.4) is 0 Å². The van der Waals surface area contributed by atoms with Crippen LogP contribution in [0, 0.1) is 13.8 Å². The molecular weight excluding hydrogens is 244 g/mol. The van der Waals surface area contributed by atoms with Crippen molar-refractivity contribution in [1.82, 2.24) is 4.90 Å². The average Bonchev–Trinajstić information content (AvgIpc) is 2.30. The number of benzene rings is 1. The van der Waals surface area contributed by atoms with Gasteiger partial charge >= 0.3 is 0 Å². The quantitative estimate of drug-likeness (QED) is 0.831. The van der Waals surface area contributed by atoms with Gasteiger partial charge in [-0.25, -0.2) is 0 Å². The average molecular weight is 264 g/mol. The molecule has 0 heterocycles. The maximum atomic E-state index is 12.5. The molecule has 2 N–H and O–H groups in total. The van der Waals surface area contributed by atoms with Gasteiger partial charge in [-0.2, -0.15) is 0 Å². The molecule has 0 saturated carbocycles. The van der Waals surface area contributed by atoms with Crippen LogP contribution in [0.5, 0.6) is 0 Å². The number of aryl methyl sites for hydroxylation is 2. The van der Waals surface area contributed by atoms with Gasteiger partial charge in [0.1, 0.15) is 0 Å². The van der Waals surface area contributed by atoms with Crippen molar-refractivity contribution in [3.8, 4) is 0 Å². The fourth-order valence-electron chi connectivity index (χ4n) is 1.85. The van der Waals surface area contributed by atoms with Crippen LogP contribution in [-0.2, 0) is 0 Å². The molecule has 1 rings (SSSR count). The van der Waals surface area contributed by atoms with Gasteiger partial charge in [0.2, 0.25) is 0 Å². The number of nitrogens with zero attached hydrogens (tertiary/aromatic N) is 1. The van der Waals surface area contributed by atoms with Crippen LogP contribution in [0.1, 0.15) is 34.8 Å². The lowest BCUT2D eigenvalue weighted by atomic mass is 10.0. The molecule has 0 radical (unpaired) electrons. The number of carbonyl (C=O) groups excluding carboxylic acids is 1. The molecule has 0 unspecified atom stereocenters. The molecule has 1 aromatic rings. The summed E-state index contributed by atoms with van der Waals surface area (Å²) in [5, 5.41) is 0. The molecule has 0 atom stereocenters. The third kappa shape index (κ3) is 3.81. The summed E-state index contributed by atoms with van der Waals surface area (Å²) >= 11 is 4.90. The summed E-state index contributed by atoms with van der Waals surface area (Å²) in [6, 6.07) is 5.89. The highest BCUT2D eigenvalue weighted by Crippen LogP contribution is 2.13. The minimum Gasteiger partial charge on any atom is -0.392 e. The van der Waals surface area contributed by atoms with Crippen molar-refractivity contribution in [1.29, 1.82) is 0 Å². The smallest absolute Gasteiger partial charge is 0.254 e. The molecule has 0 aliphatic heterocycles. The number of hydrogen-bond acceptors (Lipinski definition) is 2. The van der Waals surface area contributed by atoms with Crippen LogP contribution in [-0.4, -0.2) is 28.9 Å². The third-order valence-electron chi connectivity index (χ3n) is 2.75. The van der Waals surface area contributed by atoms with E-state index in [1.807, 2.05) is 39.0 Å². The van der Waals surface area contributed by atoms with Gasteiger partial charge < -0.3 is 10.6 Å². The lowest BCUT2D eigenvalue weighted by molar-refractivity contribution is 0.0779. The van der Waals surface area contributed by atoms with E-state index < -0.39 is 0 Å². The van der Waals surface area contributed by atoms with Gasteiger partial charge in [-0.05, 0) is 31.9 Å². The fraction of sp³-hybridized carbons (Fsp3) is 0.429. The lowest BCUT2D eigenvalue weighted by Gasteiger charge is -2.22. The molecule has 1 amide bonds. The Hall–Kier alpha value is -1.42. The second-order valence-corrected chi connectivity index (χ2v) is 5.04. The zero-order chi connectivity index (χ0) is 13.7. The number of hydrogen-bond donors (Lipinski definition) is 1. The molecular formula is C14H20N2OS. The third-order valence-corrected chi connectivity index (χ3v) is 2.88. The van der Waals surface area contributed by atoms with Gasteiger partial charge in [0.25, 0.3) is 5.91 Å². The topological polar surface area (TPSA) is 46.3 Å². The number of rotatable bonds is 5. The van der Waals surface area contributed by atoms with Crippen molar-refractivity contribution in [3.63, 3.8) is 0 Å². The highest BCUT2D eigenvalue weighted by atomic mass is 32.1. The molecule has 1 aromatic carbocycles. The Kier molecular flexibility index (Phi) is 5.28. The first kappa shape index (κ1) is 14.6. The molecule has 0 spiro atoms. The summed E-state index contributed by atoms with van der Waals surface area (Å²) in [5.74, 6) is 0.00542. The van der Waals surface area contributed by atoms with Crippen molar-refractivity contribution in [2.24, 2.45) is 5.73 Å². The van der Waals surface area contributed by atoms with Crippen molar-refractivity contribution in [2.45, 2.75) is 27.2 Å². The predicted octanol–water partition coefficient (Wildman–Crippen LogP) is 2.44. The lowest BCUT2D eigenvalue weighted by Crippen LogP contribution is -2.38. The second-order valence-electron chi connectivity index (χ2n) is 4.51. The van der Waals surface area contributed by atoms with E-state index in [1.54, 1.807) is 4.90 Å². The van der Waals surface area contributed by atoms with Gasteiger partial charge in [-0.15, -0.1) is 0 Å². The molecule has 4 heteroatoms. The molecule has 18 heavy (non-hydrogen) atoms. The first-order chi connectivity index (χ1) is 8.45. The van der Waals surface area contributed by atoms with E-state index in [4.69, 9.17) is 18.0 Å². The maximum Gasteiger partial charge on any atom is 0.254 e. The van der Waals surface area contributed by atoms with Gasteiger partial charge in [0.05, 0.1) is 11.5 Å². The molecule has 0 fully saturated rings. The minimum absolute atomic E-state index is 0.00542. The number of amides is 1. The Bertz CT molecular complexity index is 457. The molecule has 0 saturated heterocycles. The van der Waals surface area contributed by atoms with E-state index in [1.165, 1.54) is 0 Å². The standard InChI is InChI=1S/C14H20N2OS/c1-4-7-16(9-13(15)18)14(17)12-8-10(2)5-6-11(12)3/h5-6,8H,4,7,9H2,1-3H3,(H2,15,18). The Morgan fingerprint density at radius 2 is 2.06 bits per heavy atom. The summed E-state index contributed by atoms with van der Waals surface area (Å²) in [7, 11) is 0. The summed E-state index contributed by atoms with van der Waals surface area (Å²) < 4.78 is 0.